The lowest BCUT2D eigenvalue weighted by Crippen LogP contribution is -2.39. The molecule has 1 aromatic carbocycles. The van der Waals surface area contributed by atoms with E-state index in [0.29, 0.717) is 5.96 Å². The van der Waals surface area contributed by atoms with E-state index in [1.165, 1.54) is 0 Å². The fraction of sp³-hybridized carbons (Fsp3) is 0.474. The number of rotatable bonds is 9. The number of halogens is 1. The van der Waals surface area contributed by atoms with Gasteiger partial charge in [0.2, 0.25) is 0 Å². The highest BCUT2D eigenvalue weighted by Crippen LogP contribution is 2.19. The molecule has 150 valence electrons. The number of hydrogen-bond acceptors (Lipinski definition) is 4. The number of hydrogen-bond donors (Lipinski definition) is 4. The van der Waals surface area contributed by atoms with Crippen molar-refractivity contribution in [1.82, 2.24) is 20.4 Å². The van der Waals surface area contributed by atoms with Crippen LogP contribution in [0.1, 0.15) is 25.8 Å². The van der Waals surface area contributed by atoms with Crippen molar-refractivity contribution in [2.24, 2.45) is 12.0 Å². The van der Waals surface area contributed by atoms with Crippen LogP contribution in [-0.2, 0) is 12.6 Å². The fourth-order valence-corrected chi connectivity index (χ4v) is 2.45. The molecule has 7 nitrogen and oxygen atoms in total. The largest absolute Gasteiger partial charge is 0.385 e. The third-order valence-electron chi connectivity index (χ3n) is 3.96. The number of nitrogens with zero attached hydrogens (tertiary/aromatic N) is 3. The summed E-state index contributed by atoms with van der Waals surface area (Å²) in [5.41, 5.74) is 0.832. The number of aliphatic imine (C=N–C) groups is 1. The van der Waals surface area contributed by atoms with Gasteiger partial charge in [0.25, 0.3) is 0 Å². The van der Waals surface area contributed by atoms with E-state index in [0.717, 1.165) is 37.3 Å². The first-order valence-corrected chi connectivity index (χ1v) is 9.04. The van der Waals surface area contributed by atoms with Crippen LogP contribution < -0.4 is 16.0 Å². The van der Waals surface area contributed by atoms with E-state index in [1.807, 2.05) is 38.4 Å². The average Bonchev–Trinajstić information content (AvgIpc) is 3.07. The lowest BCUT2D eigenvalue weighted by molar-refractivity contribution is 0.0672. The second-order valence-corrected chi connectivity index (χ2v) is 6.44. The molecular weight excluding hydrogens is 455 g/mol. The van der Waals surface area contributed by atoms with Crippen molar-refractivity contribution < 1.29 is 5.11 Å². The van der Waals surface area contributed by atoms with Crippen LogP contribution in [0.3, 0.4) is 0 Å². The molecule has 1 atom stereocenters. The molecule has 0 amide bonds. The Labute approximate surface area is 178 Å². The number of aliphatic hydroxyl groups is 1. The highest BCUT2D eigenvalue weighted by Gasteiger charge is 2.24. The number of benzene rings is 1. The van der Waals surface area contributed by atoms with Crippen molar-refractivity contribution in [1.29, 1.82) is 0 Å². The highest BCUT2D eigenvalue weighted by atomic mass is 127. The topological polar surface area (TPSA) is 86.5 Å². The zero-order valence-electron chi connectivity index (χ0n) is 16.3. The third-order valence-corrected chi connectivity index (χ3v) is 3.96. The molecule has 0 saturated heterocycles. The standard InChI is InChI=1S/C19H30N6O.HI/c1-4-20-18(22-12-8-11-21-17-9-6-5-7-10-17)23-15-19(2,26)16-13-24-25(3)14-16;/h5-7,9-10,13-14,21,26H,4,8,11-12,15H2,1-3H3,(H2,20,22,23);1H. The van der Waals surface area contributed by atoms with Gasteiger partial charge in [-0.25, -0.2) is 4.99 Å². The SMILES string of the molecule is CCNC(=NCC(C)(O)c1cnn(C)c1)NCCCNc1ccccc1.I. The highest BCUT2D eigenvalue weighted by molar-refractivity contribution is 14.0. The van der Waals surface area contributed by atoms with Gasteiger partial charge in [-0.2, -0.15) is 5.10 Å². The summed E-state index contributed by atoms with van der Waals surface area (Å²) in [5.74, 6) is 0.705. The molecule has 0 aliphatic carbocycles. The molecule has 4 N–H and O–H groups in total. The molecule has 0 aliphatic rings. The molecule has 0 radical (unpaired) electrons. The zero-order chi connectivity index (χ0) is 18.8. The number of anilines is 1. The van der Waals surface area contributed by atoms with E-state index < -0.39 is 5.60 Å². The molecule has 0 spiro atoms. The van der Waals surface area contributed by atoms with Gasteiger partial charge in [0.15, 0.2) is 5.96 Å². The summed E-state index contributed by atoms with van der Waals surface area (Å²) in [4.78, 5) is 4.51. The van der Waals surface area contributed by atoms with E-state index in [9.17, 15) is 5.11 Å². The Hall–Kier alpha value is -1.81. The van der Waals surface area contributed by atoms with Crippen LogP contribution >= 0.6 is 24.0 Å². The summed E-state index contributed by atoms with van der Waals surface area (Å²) in [6.07, 6.45) is 4.44. The zero-order valence-corrected chi connectivity index (χ0v) is 18.6. The summed E-state index contributed by atoms with van der Waals surface area (Å²) >= 11 is 0. The Balaban J connectivity index is 0.00000364. The normalized spacial score (nSPS) is 13.4. The fourth-order valence-electron chi connectivity index (χ4n) is 2.45. The summed E-state index contributed by atoms with van der Waals surface area (Å²) in [5, 5.41) is 24.6. The second-order valence-electron chi connectivity index (χ2n) is 6.44. The van der Waals surface area contributed by atoms with E-state index in [1.54, 1.807) is 17.8 Å². The monoisotopic (exact) mass is 486 g/mol. The first kappa shape index (κ1) is 23.2. The van der Waals surface area contributed by atoms with Crippen molar-refractivity contribution in [2.75, 3.05) is 31.5 Å². The molecule has 0 fully saturated rings. The minimum atomic E-state index is -1.05. The maximum atomic E-state index is 10.6. The molecule has 0 bridgehead atoms. The predicted octanol–water partition coefficient (Wildman–Crippen LogP) is 2.30. The van der Waals surface area contributed by atoms with Gasteiger partial charge in [0, 0.05) is 44.1 Å². The Bertz CT molecular complexity index is 687. The summed E-state index contributed by atoms with van der Waals surface area (Å²) in [6, 6.07) is 10.2. The van der Waals surface area contributed by atoms with Gasteiger partial charge < -0.3 is 21.1 Å². The summed E-state index contributed by atoms with van der Waals surface area (Å²) in [6.45, 7) is 6.47. The van der Waals surface area contributed by atoms with Crippen molar-refractivity contribution in [3.8, 4) is 0 Å². The van der Waals surface area contributed by atoms with Gasteiger partial charge in [-0.1, -0.05) is 18.2 Å². The summed E-state index contributed by atoms with van der Waals surface area (Å²) in [7, 11) is 1.83. The maximum absolute atomic E-state index is 10.6. The van der Waals surface area contributed by atoms with E-state index in [2.05, 4.69) is 38.2 Å². The molecule has 1 unspecified atom stereocenters. The van der Waals surface area contributed by atoms with Gasteiger partial charge >= 0.3 is 0 Å². The maximum Gasteiger partial charge on any atom is 0.191 e. The van der Waals surface area contributed by atoms with Gasteiger partial charge in [-0.3, -0.25) is 4.68 Å². The Morgan fingerprint density at radius 2 is 1.96 bits per heavy atom. The van der Waals surface area contributed by atoms with E-state index in [-0.39, 0.29) is 30.5 Å². The van der Waals surface area contributed by atoms with Crippen molar-refractivity contribution in [3.63, 3.8) is 0 Å². The summed E-state index contributed by atoms with van der Waals surface area (Å²) < 4.78 is 1.68. The third kappa shape index (κ3) is 8.17. The van der Waals surface area contributed by atoms with Crippen LogP contribution in [0.4, 0.5) is 5.69 Å². The molecular formula is C19H31IN6O. The number of nitrogens with one attached hydrogen (secondary N) is 3. The lowest BCUT2D eigenvalue weighted by atomic mass is 10.0. The van der Waals surface area contributed by atoms with Crippen LogP contribution in [0.2, 0.25) is 0 Å². The first-order chi connectivity index (χ1) is 12.5. The van der Waals surface area contributed by atoms with Gasteiger partial charge in [-0.05, 0) is 32.4 Å². The van der Waals surface area contributed by atoms with Crippen LogP contribution in [0.5, 0.6) is 0 Å². The molecule has 27 heavy (non-hydrogen) atoms. The van der Waals surface area contributed by atoms with Crippen LogP contribution in [0.25, 0.3) is 0 Å². The average molecular weight is 486 g/mol. The van der Waals surface area contributed by atoms with Crippen LogP contribution in [-0.4, -0.2) is 47.0 Å². The van der Waals surface area contributed by atoms with Crippen molar-refractivity contribution >= 4 is 35.6 Å². The molecule has 1 aromatic heterocycles. The van der Waals surface area contributed by atoms with Crippen LogP contribution in [0.15, 0.2) is 47.7 Å². The molecule has 1 heterocycles. The Kier molecular flexibility index (Phi) is 10.2. The number of aryl methyl sites for hydroxylation is 1. The molecule has 8 heteroatoms. The van der Waals surface area contributed by atoms with Crippen molar-refractivity contribution in [3.05, 3.63) is 48.3 Å². The molecule has 0 saturated carbocycles. The predicted molar refractivity (Wildman–Crippen MR) is 122 cm³/mol. The minimum Gasteiger partial charge on any atom is -0.385 e. The molecule has 2 rings (SSSR count). The molecule has 0 aliphatic heterocycles. The second kappa shape index (κ2) is 11.8. The van der Waals surface area contributed by atoms with Crippen molar-refractivity contribution in [2.45, 2.75) is 25.9 Å². The van der Waals surface area contributed by atoms with Gasteiger partial charge in [0.05, 0.1) is 12.7 Å². The smallest absolute Gasteiger partial charge is 0.191 e. The van der Waals surface area contributed by atoms with Crippen LogP contribution in [0, 0.1) is 0 Å². The first-order valence-electron chi connectivity index (χ1n) is 9.04. The van der Waals surface area contributed by atoms with E-state index >= 15 is 0 Å². The van der Waals surface area contributed by atoms with E-state index in [4.69, 9.17) is 0 Å². The minimum absolute atomic E-state index is 0. The number of aromatic nitrogens is 2. The molecule has 2 aromatic rings. The number of guanidine groups is 1. The quantitative estimate of drug-likeness (QED) is 0.189. The Morgan fingerprint density at radius 1 is 1.22 bits per heavy atom. The lowest BCUT2D eigenvalue weighted by Gasteiger charge is -2.20. The Morgan fingerprint density at radius 3 is 2.59 bits per heavy atom. The van der Waals surface area contributed by atoms with Gasteiger partial charge in [-0.15, -0.1) is 24.0 Å². The van der Waals surface area contributed by atoms with Gasteiger partial charge in [0.1, 0.15) is 5.60 Å². The number of para-hydroxylation sites is 1.